The second-order valence-electron chi connectivity index (χ2n) is 3.71. The van der Waals surface area contributed by atoms with Crippen molar-refractivity contribution in [3.63, 3.8) is 0 Å². The quantitative estimate of drug-likeness (QED) is 0.742. The van der Waals surface area contributed by atoms with Crippen molar-refractivity contribution in [2.45, 2.75) is 18.4 Å². The Labute approximate surface area is 82.7 Å². The summed E-state index contributed by atoms with van der Waals surface area (Å²) in [6, 6.07) is 5.46. The van der Waals surface area contributed by atoms with Crippen LogP contribution < -0.4 is 10.6 Å². The highest BCUT2D eigenvalue weighted by Gasteiger charge is 2.47. The van der Waals surface area contributed by atoms with E-state index in [0.717, 1.165) is 12.8 Å². The summed E-state index contributed by atoms with van der Waals surface area (Å²) in [5.74, 6) is 0.602. The molecule has 1 aromatic heterocycles. The molecule has 14 heavy (non-hydrogen) atoms. The summed E-state index contributed by atoms with van der Waals surface area (Å²) in [6.45, 7) is 0. The molecule has 1 aliphatic rings. The van der Waals surface area contributed by atoms with Crippen molar-refractivity contribution < 1.29 is 4.79 Å². The molecule has 0 atom stereocenters. The third-order valence-electron chi connectivity index (χ3n) is 2.51. The van der Waals surface area contributed by atoms with Gasteiger partial charge in [0.15, 0.2) is 0 Å². The van der Waals surface area contributed by atoms with Gasteiger partial charge in [0, 0.05) is 13.2 Å². The van der Waals surface area contributed by atoms with E-state index < -0.39 is 5.54 Å². The molecule has 1 heterocycles. The highest BCUT2D eigenvalue weighted by Crippen LogP contribution is 2.34. The van der Waals surface area contributed by atoms with Gasteiger partial charge in [-0.2, -0.15) is 0 Å². The lowest BCUT2D eigenvalue weighted by molar-refractivity contribution is -0.120. The number of amides is 1. The SMILES string of the molecule is CN(C(=O)C1(N)CC1)c1ccccn1. The average Bonchev–Trinajstić information content (AvgIpc) is 2.97. The number of pyridine rings is 1. The van der Waals surface area contributed by atoms with E-state index in [1.54, 1.807) is 19.3 Å². The van der Waals surface area contributed by atoms with Crippen LogP contribution in [0.3, 0.4) is 0 Å². The van der Waals surface area contributed by atoms with Gasteiger partial charge in [-0.05, 0) is 25.0 Å². The van der Waals surface area contributed by atoms with Gasteiger partial charge in [0.2, 0.25) is 5.91 Å². The molecule has 0 unspecified atom stereocenters. The molecule has 74 valence electrons. The summed E-state index contributed by atoms with van der Waals surface area (Å²) >= 11 is 0. The molecule has 1 aliphatic carbocycles. The Balaban J connectivity index is 2.16. The molecule has 2 rings (SSSR count). The van der Waals surface area contributed by atoms with Gasteiger partial charge in [-0.1, -0.05) is 6.07 Å². The van der Waals surface area contributed by atoms with Crippen LogP contribution in [0.1, 0.15) is 12.8 Å². The normalized spacial score (nSPS) is 17.6. The monoisotopic (exact) mass is 191 g/mol. The molecule has 2 N–H and O–H groups in total. The number of carbonyl (C=O) groups is 1. The Hall–Kier alpha value is -1.42. The van der Waals surface area contributed by atoms with Crippen LogP contribution in [-0.2, 0) is 4.79 Å². The van der Waals surface area contributed by atoms with E-state index in [0.29, 0.717) is 5.82 Å². The van der Waals surface area contributed by atoms with Crippen molar-refractivity contribution in [1.82, 2.24) is 4.98 Å². The van der Waals surface area contributed by atoms with Crippen LogP contribution in [0.25, 0.3) is 0 Å². The molecule has 1 saturated carbocycles. The molecule has 1 fully saturated rings. The van der Waals surface area contributed by atoms with Crippen LogP contribution in [0.15, 0.2) is 24.4 Å². The van der Waals surface area contributed by atoms with Gasteiger partial charge >= 0.3 is 0 Å². The van der Waals surface area contributed by atoms with E-state index in [1.807, 2.05) is 12.1 Å². The second kappa shape index (κ2) is 3.06. The number of likely N-dealkylation sites (N-methyl/N-ethyl adjacent to an activating group) is 1. The number of hydrogen-bond acceptors (Lipinski definition) is 3. The van der Waals surface area contributed by atoms with Gasteiger partial charge in [-0.3, -0.25) is 9.69 Å². The molecule has 4 nitrogen and oxygen atoms in total. The zero-order chi connectivity index (χ0) is 10.2. The molecular formula is C10H13N3O. The molecule has 4 heteroatoms. The number of rotatable bonds is 2. The first kappa shape index (κ1) is 9.15. The molecule has 1 amide bonds. The van der Waals surface area contributed by atoms with Crippen molar-refractivity contribution in [3.05, 3.63) is 24.4 Å². The van der Waals surface area contributed by atoms with Gasteiger partial charge in [-0.15, -0.1) is 0 Å². The van der Waals surface area contributed by atoms with Crippen LogP contribution in [-0.4, -0.2) is 23.5 Å². The molecular weight excluding hydrogens is 178 g/mol. The maximum atomic E-state index is 11.8. The average molecular weight is 191 g/mol. The Morgan fingerprint density at radius 1 is 1.57 bits per heavy atom. The topological polar surface area (TPSA) is 59.2 Å². The summed E-state index contributed by atoms with van der Waals surface area (Å²) in [4.78, 5) is 17.4. The Kier molecular flexibility index (Phi) is 2.00. The molecule has 0 radical (unpaired) electrons. The van der Waals surface area contributed by atoms with Crippen molar-refractivity contribution in [1.29, 1.82) is 0 Å². The number of aromatic nitrogens is 1. The van der Waals surface area contributed by atoms with Gasteiger partial charge in [0.1, 0.15) is 5.82 Å². The number of anilines is 1. The van der Waals surface area contributed by atoms with Crippen LogP contribution >= 0.6 is 0 Å². The zero-order valence-electron chi connectivity index (χ0n) is 8.10. The maximum Gasteiger partial charge on any atom is 0.247 e. The Bertz CT molecular complexity index is 346. The Morgan fingerprint density at radius 3 is 2.79 bits per heavy atom. The van der Waals surface area contributed by atoms with E-state index in [1.165, 1.54) is 4.90 Å². The largest absolute Gasteiger partial charge is 0.317 e. The second-order valence-corrected chi connectivity index (χ2v) is 3.71. The minimum absolute atomic E-state index is 0.0452. The van der Waals surface area contributed by atoms with E-state index in [9.17, 15) is 4.79 Å². The van der Waals surface area contributed by atoms with Gasteiger partial charge in [0.25, 0.3) is 0 Å². The summed E-state index contributed by atoms with van der Waals surface area (Å²) in [5.41, 5.74) is 5.19. The third-order valence-corrected chi connectivity index (χ3v) is 2.51. The third kappa shape index (κ3) is 1.48. The number of carbonyl (C=O) groups excluding carboxylic acids is 1. The van der Waals surface area contributed by atoms with E-state index >= 15 is 0 Å². The number of hydrogen-bond donors (Lipinski definition) is 1. The van der Waals surface area contributed by atoms with Crippen LogP contribution in [0.2, 0.25) is 0 Å². The van der Waals surface area contributed by atoms with E-state index in [-0.39, 0.29) is 5.91 Å². The van der Waals surface area contributed by atoms with Gasteiger partial charge in [0.05, 0.1) is 5.54 Å². The molecule has 0 aromatic carbocycles. The van der Waals surface area contributed by atoms with Crippen molar-refractivity contribution in [3.8, 4) is 0 Å². The predicted molar refractivity (Wildman–Crippen MR) is 53.8 cm³/mol. The fraction of sp³-hybridized carbons (Fsp3) is 0.400. The minimum Gasteiger partial charge on any atom is -0.317 e. The fourth-order valence-electron chi connectivity index (χ4n) is 1.34. The molecule has 0 saturated heterocycles. The molecule has 0 spiro atoms. The summed E-state index contributed by atoms with van der Waals surface area (Å²) in [6.07, 6.45) is 3.22. The lowest BCUT2D eigenvalue weighted by Crippen LogP contribution is -2.44. The highest BCUT2D eigenvalue weighted by atomic mass is 16.2. The molecule has 0 bridgehead atoms. The fourth-order valence-corrected chi connectivity index (χ4v) is 1.34. The first-order valence-corrected chi connectivity index (χ1v) is 4.61. The van der Waals surface area contributed by atoms with Crippen molar-refractivity contribution in [2.24, 2.45) is 5.73 Å². The first-order valence-electron chi connectivity index (χ1n) is 4.61. The minimum atomic E-state index is -0.619. The smallest absolute Gasteiger partial charge is 0.247 e. The predicted octanol–water partition coefficient (Wildman–Crippen LogP) is 0.536. The van der Waals surface area contributed by atoms with Crippen LogP contribution in [0.4, 0.5) is 5.82 Å². The maximum absolute atomic E-state index is 11.8. The number of nitrogens with two attached hydrogens (primary N) is 1. The zero-order valence-corrected chi connectivity index (χ0v) is 8.10. The lowest BCUT2D eigenvalue weighted by atomic mass is 10.2. The van der Waals surface area contributed by atoms with E-state index in [2.05, 4.69) is 4.98 Å². The van der Waals surface area contributed by atoms with Gasteiger partial charge in [-0.25, -0.2) is 4.98 Å². The molecule has 1 aromatic rings. The number of nitrogens with zero attached hydrogens (tertiary/aromatic N) is 2. The first-order chi connectivity index (χ1) is 6.63. The van der Waals surface area contributed by atoms with Crippen LogP contribution in [0, 0.1) is 0 Å². The summed E-state index contributed by atoms with van der Waals surface area (Å²) in [5, 5.41) is 0. The van der Waals surface area contributed by atoms with Gasteiger partial charge < -0.3 is 5.73 Å². The molecule has 0 aliphatic heterocycles. The lowest BCUT2D eigenvalue weighted by Gasteiger charge is -2.19. The highest BCUT2D eigenvalue weighted by molar-refractivity contribution is 6.00. The van der Waals surface area contributed by atoms with E-state index in [4.69, 9.17) is 5.73 Å². The van der Waals surface area contributed by atoms with Crippen molar-refractivity contribution in [2.75, 3.05) is 11.9 Å². The Morgan fingerprint density at radius 2 is 2.29 bits per heavy atom. The van der Waals surface area contributed by atoms with Crippen molar-refractivity contribution >= 4 is 11.7 Å². The van der Waals surface area contributed by atoms with Crippen LogP contribution in [0.5, 0.6) is 0 Å². The summed E-state index contributed by atoms with van der Waals surface area (Å²) < 4.78 is 0. The summed E-state index contributed by atoms with van der Waals surface area (Å²) in [7, 11) is 1.71. The standard InChI is InChI=1S/C10H13N3O/c1-13(8-4-2-3-7-12-8)9(14)10(11)5-6-10/h2-4,7H,5-6,11H2,1H3.